The van der Waals surface area contributed by atoms with Gasteiger partial charge in [0.25, 0.3) is 0 Å². The van der Waals surface area contributed by atoms with Gasteiger partial charge in [-0.3, -0.25) is 0 Å². The lowest BCUT2D eigenvalue weighted by Crippen LogP contribution is -2.04. The van der Waals surface area contributed by atoms with Crippen molar-refractivity contribution in [2.75, 3.05) is 26.9 Å². The van der Waals surface area contributed by atoms with E-state index >= 15 is 0 Å². The predicted octanol–water partition coefficient (Wildman–Crippen LogP) is 6.01. The Morgan fingerprint density at radius 1 is 0.935 bits per heavy atom. The summed E-state index contributed by atoms with van der Waals surface area (Å²) >= 11 is 0. The van der Waals surface area contributed by atoms with Crippen LogP contribution in [0.15, 0.2) is 47.6 Å². The average Bonchev–Trinajstić information content (AvgIpc) is 2.74. The maximum absolute atomic E-state index is 14.0. The van der Waals surface area contributed by atoms with Gasteiger partial charge >= 0.3 is 0 Å². The number of oxime groups is 1. The Kier molecular flexibility index (Phi) is 10.4. The highest BCUT2D eigenvalue weighted by Gasteiger charge is 2.08. The van der Waals surface area contributed by atoms with Crippen LogP contribution >= 0.6 is 0 Å². The number of unbranched alkanes of at least 4 members (excludes halogenated alkanes) is 2. The fourth-order valence-electron chi connectivity index (χ4n) is 3.03. The second-order valence-electron chi connectivity index (χ2n) is 7.13. The van der Waals surface area contributed by atoms with Crippen molar-refractivity contribution >= 4 is 6.21 Å². The number of ether oxygens (including phenoxy) is 3. The highest BCUT2D eigenvalue weighted by Crippen LogP contribution is 2.28. The van der Waals surface area contributed by atoms with Crippen molar-refractivity contribution in [3.8, 4) is 17.2 Å². The van der Waals surface area contributed by atoms with Crippen LogP contribution in [0.4, 0.5) is 4.39 Å². The van der Waals surface area contributed by atoms with Crippen molar-refractivity contribution in [3.63, 3.8) is 0 Å². The molecule has 0 N–H and O–H groups in total. The summed E-state index contributed by atoms with van der Waals surface area (Å²) in [4.78, 5) is 4.59. The maximum Gasteiger partial charge on any atom is 0.165 e. The molecule has 0 heterocycles. The summed E-state index contributed by atoms with van der Waals surface area (Å²) in [5.41, 5.74) is 2.74. The highest BCUT2D eigenvalue weighted by molar-refractivity contribution is 5.79. The van der Waals surface area contributed by atoms with Crippen LogP contribution in [-0.4, -0.2) is 33.1 Å². The minimum atomic E-state index is -0.410. The lowest BCUT2D eigenvalue weighted by atomic mass is 10.1. The number of hydrogen-bond acceptors (Lipinski definition) is 5. The maximum atomic E-state index is 14.0. The van der Waals surface area contributed by atoms with E-state index in [-0.39, 0.29) is 5.75 Å². The number of rotatable bonds is 13. The Morgan fingerprint density at radius 3 is 2.29 bits per heavy atom. The van der Waals surface area contributed by atoms with E-state index < -0.39 is 5.82 Å². The molecule has 2 rings (SSSR count). The Hall–Kier alpha value is -3.02. The van der Waals surface area contributed by atoms with Gasteiger partial charge in [0, 0.05) is 0 Å². The molecular formula is C25H32FNO4. The zero-order chi connectivity index (χ0) is 22.5. The van der Waals surface area contributed by atoms with Gasteiger partial charge in [-0.2, -0.15) is 0 Å². The molecule has 0 saturated carbocycles. The third kappa shape index (κ3) is 8.32. The van der Waals surface area contributed by atoms with E-state index in [0.717, 1.165) is 41.9 Å². The van der Waals surface area contributed by atoms with Crippen LogP contribution in [0.25, 0.3) is 0 Å². The van der Waals surface area contributed by atoms with Crippen molar-refractivity contribution in [1.82, 2.24) is 0 Å². The normalized spacial score (nSPS) is 11.3. The van der Waals surface area contributed by atoms with Crippen LogP contribution in [0.2, 0.25) is 0 Å². The van der Waals surface area contributed by atoms with Crippen molar-refractivity contribution in [2.24, 2.45) is 5.16 Å². The fraction of sp³-hybridized carbons (Fsp3) is 0.400. The largest absolute Gasteiger partial charge is 0.493 e. The third-order valence-electron chi connectivity index (χ3n) is 4.57. The smallest absolute Gasteiger partial charge is 0.165 e. The van der Waals surface area contributed by atoms with E-state index in [1.54, 1.807) is 12.1 Å². The minimum absolute atomic E-state index is 0.244. The van der Waals surface area contributed by atoms with Crippen LogP contribution in [-0.2, 0) is 4.84 Å². The second-order valence-corrected chi connectivity index (χ2v) is 7.13. The third-order valence-corrected chi connectivity index (χ3v) is 4.57. The molecule has 0 aliphatic heterocycles. The summed E-state index contributed by atoms with van der Waals surface area (Å²) in [6, 6.07) is 8.71. The molecule has 5 nitrogen and oxygen atoms in total. The molecule has 6 heteroatoms. The first-order chi connectivity index (χ1) is 15.0. The number of nitrogens with zero attached hydrogens (tertiary/aromatic N) is 1. The van der Waals surface area contributed by atoms with E-state index in [4.69, 9.17) is 14.2 Å². The van der Waals surface area contributed by atoms with Crippen molar-refractivity contribution in [3.05, 3.63) is 65.0 Å². The number of aryl methyl sites for hydroxylation is 2. The zero-order valence-electron chi connectivity index (χ0n) is 18.8. The topological polar surface area (TPSA) is 49.3 Å². The molecule has 0 bridgehead atoms. The Bertz CT molecular complexity index is 857. The van der Waals surface area contributed by atoms with Gasteiger partial charge in [0.1, 0.15) is 25.2 Å². The van der Waals surface area contributed by atoms with Gasteiger partial charge in [-0.25, -0.2) is 4.39 Å². The van der Waals surface area contributed by atoms with Gasteiger partial charge < -0.3 is 19.0 Å². The molecule has 0 spiro atoms. The van der Waals surface area contributed by atoms with E-state index in [1.165, 1.54) is 19.4 Å². The average molecular weight is 430 g/mol. The van der Waals surface area contributed by atoms with E-state index in [0.29, 0.717) is 25.4 Å². The number of hydrogen-bond donors (Lipinski definition) is 0. The summed E-state index contributed by atoms with van der Waals surface area (Å²) in [6.45, 7) is 7.67. The first kappa shape index (κ1) is 24.3. The summed E-state index contributed by atoms with van der Waals surface area (Å²) in [7, 11) is 1.44. The quantitative estimate of drug-likeness (QED) is 0.169. The summed E-state index contributed by atoms with van der Waals surface area (Å²) in [5.74, 6) is 1.60. The van der Waals surface area contributed by atoms with Crippen LogP contribution in [0.5, 0.6) is 17.2 Å². The summed E-state index contributed by atoms with van der Waals surface area (Å²) in [6.07, 6.45) is 8.04. The van der Waals surface area contributed by atoms with E-state index in [1.807, 2.05) is 45.1 Å². The van der Waals surface area contributed by atoms with Crippen molar-refractivity contribution in [1.29, 1.82) is 0 Å². The molecule has 0 atom stereocenters. The monoisotopic (exact) mass is 429 g/mol. The molecule has 2 aromatic rings. The molecule has 31 heavy (non-hydrogen) atoms. The van der Waals surface area contributed by atoms with Crippen LogP contribution in [0.1, 0.15) is 42.9 Å². The Labute approximate surface area is 184 Å². The first-order valence-electron chi connectivity index (χ1n) is 10.5. The molecule has 0 aliphatic rings. The Morgan fingerprint density at radius 2 is 1.65 bits per heavy atom. The standard InChI is InChI=1S/C25H32FNO4/c1-5-6-12-29-22-15-19(2)25(20(3)16-22)31-14-9-7-8-13-30-24-11-10-21(17-23(24)26)18-27-28-4/h5-6,10-11,15-18H,7-9,12-14H2,1-4H3/b6-5+,27-18?. The molecule has 2 aromatic carbocycles. The van der Waals surface area contributed by atoms with Gasteiger partial charge in [-0.15, -0.1) is 0 Å². The number of benzene rings is 2. The van der Waals surface area contributed by atoms with Crippen LogP contribution in [0.3, 0.4) is 0 Å². The predicted molar refractivity (Wildman–Crippen MR) is 122 cm³/mol. The fourth-order valence-corrected chi connectivity index (χ4v) is 3.03. The number of allylic oxidation sites excluding steroid dienone is 1. The SMILES string of the molecule is C/C=C/COc1cc(C)c(OCCCCCOc2ccc(C=NOC)cc2F)c(C)c1. The second kappa shape index (κ2) is 13.3. The molecule has 0 radical (unpaired) electrons. The summed E-state index contributed by atoms with van der Waals surface area (Å²) < 4.78 is 31.3. The molecular weight excluding hydrogens is 397 g/mol. The number of halogens is 1. The molecule has 0 fully saturated rings. The molecule has 0 saturated heterocycles. The highest BCUT2D eigenvalue weighted by atomic mass is 19.1. The molecule has 0 aliphatic carbocycles. The lowest BCUT2D eigenvalue weighted by molar-refractivity contribution is 0.215. The van der Waals surface area contributed by atoms with Gasteiger partial charge in [0.05, 0.1) is 19.4 Å². The van der Waals surface area contributed by atoms with Crippen molar-refractivity contribution in [2.45, 2.75) is 40.0 Å². The Balaban J connectivity index is 1.69. The molecule has 0 unspecified atom stereocenters. The van der Waals surface area contributed by atoms with Gasteiger partial charge in [0.2, 0.25) is 0 Å². The van der Waals surface area contributed by atoms with Crippen LogP contribution < -0.4 is 14.2 Å². The van der Waals surface area contributed by atoms with Gasteiger partial charge in [-0.1, -0.05) is 17.3 Å². The molecule has 0 aromatic heterocycles. The van der Waals surface area contributed by atoms with Crippen molar-refractivity contribution < 1.29 is 23.4 Å². The van der Waals surface area contributed by atoms with Crippen LogP contribution in [0, 0.1) is 19.7 Å². The zero-order valence-corrected chi connectivity index (χ0v) is 18.8. The first-order valence-corrected chi connectivity index (χ1v) is 10.5. The minimum Gasteiger partial charge on any atom is -0.493 e. The van der Waals surface area contributed by atoms with E-state index in [2.05, 4.69) is 9.99 Å². The molecule has 0 amide bonds. The summed E-state index contributed by atoms with van der Waals surface area (Å²) in [5, 5.41) is 3.62. The van der Waals surface area contributed by atoms with E-state index in [9.17, 15) is 4.39 Å². The van der Waals surface area contributed by atoms with Gasteiger partial charge in [-0.05, 0) is 87.1 Å². The van der Waals surface area contributed by atoms with Gasteiger partial charge in [0.15, 0.2) is 11.6 Å². The molecule has 168 valence electrons. The lowest BCUT2D eigenvalue weighted by Gasteiger charge is -2.14.